The molecule has 1 aromatic carbocycles. The second-order valence-corrected chi connectivity index (χ2v) is 5.54. The number of benzene rings is 1. The van der Waals surface area contributed by atoms with Crippen molar-refractivity contribution in [3.05, 3.63) is 47.8 Å². The Bertz CT molecular complexity index is 751. The number of rotatable bonds is 1. The third kappa shape index (κ3) is 2.30. The van der Waals surface area contributed by atoms with Gasteiger partial charge in [-0.3, -0.25) is 9.36 Å². The van der Waals surface area contributed by atoms with E-state index in [0.29, 0.717) is 19.8 Å². The smallest absolute Gasteiger partial charge is 0.275 e. The SMILES string of the molecule is C=c1[nH]/c(=C\c2cc(Br)c(O)c(Br)c2)c(=O)n1C. The van der Waals surface area contributed by atoms with E-state index < -0.39 is 0 Å². The van der Waals surface area contributed by atoms with Crippen molar-refractivity contribution in [2.75, 3.05) is 0 Å². The summed E-state index contributed by atoms with van der Waals surface area (Å²) in [6.45, 7) is 3.72. The van der Waals surface area contributed by atoms with Crippen LogP contribution in [0.3, 0.4) is 0 Å². The van der Waals surface area contributed by atoms with Gasteiger partial charge in [0, 0.05) is 7.05 Å². The summed E-state index contributed by atoms with van der Waals surface area (Å²) in [7, 11) is 1.65. The van der Waals surface area contributed by atoms with Gasteiger partial charge in [0.15, 0.2) is 0 Å². The quantitative estimate of drug-likeness (QED) is 0.788. The molecule has 0 radical (unpaired) electrons. The zero-order valence-electron chi connectivity index (χ0n) is 9.50. The fourth-order valence-electron chi connectivity index (χ4n) is 1.53. The number of phenols is 1. The lowest BCUT2D eigenvalue weighted by molar-refractivity contribution is 0.468. The van der Waals surface area contributed by atoms with Crippen molar-refractivity contribution in [1.82, 2.24) is 9.55 Å². The van der Waals surface area contributed by atoms with Crippen molar-refractivity contribution in [3.63, 3.8) is 0 Å². The van der Waals surface area contributed by atoms with Gasteiger partial charge in [-0.25, -0.2) is 0 Å². The van der Waals surface area contributed by atoms with Crippen LogP contribution >= 0.6 is 31.9 Å². The summed E-state index contributed by atoms with van der Waals surface area (Å²) in [6.07, 6.45) is 1.70. The number of hydrogen-bond acceptors (Lipinski definition) is 2. The Morgan fingerprint density at radius 1 is 1.39 bits per heavy atom. The predicted molar refractivity (Wildman–Crippen MR) is 77.9 cm³/mol. The van der Waals surface area contributed by atoms with Crippen LogP contribution in [0.2, 0.25) is 0 Å². The lowest BCUT2D eigenvalue weighted by atomic mass is 10.2. The third-order valence-corrected chi connectivity index (χ3v) is 3.78. The fourth-order valence-corrected chi connectivity index (χ4v) is 2.75. The van der Waals surface area contributed by atoms with Crippen LogP contribution in [0.25, 0.3) is 12.7 Å². The van der Waals surface area contributed by atoms with E-state index in [1.54, 1.807) is 25.3 Å². The highest BCUT2D eigenvalue weighted by Gasteiger charge is 2.05. The monoisotopic (exact) mass is 372 g/mol. The number of hydrogen-bond donors (Lipinski definition) is 2. The summed E-state index contributed by atoms with van der Waals surface area (Å²) in [5.41, 5.74) is 1.19. The summed E-state index contributed by atoms with van der Waals surface area (Å²) in [6, 6.07) is 3.45. The molecule has 94 valence electrons. The number of phenolic OH excluding ortho intramolecular Hbond substituents is 1. The zero-order chi connectivity index (χ0) is 13.4. The van der Waals surface area contributed by atoms with Crippen LogP contribution in [0.15, 0.2) is 25.9 Å². The number of aromatic nitrogens is 2. The Kier molecular flexibility index (Phi) is 3.49. The number of H-pyrrole nitrogens is 1. The van der Waals surface area contributed by atoms with Gasteiger partial charge in [-0.1, -0.05) is 6.58 Å². The van der Waals surface area contributed by atoms with Crippen molar-refractivity contribution in [1.29, 1.82) is 0 Å². The first-order valence-corrected chi connectivity index (χ1v) is 6.62. The van der Waals surface area contributed by atoms with E-state index in [2.05, 4.69) is 43.4 Å². The highest BCUT2D eigenvalue weighted by molar-refractivity contribution is 9.11. The van der Waals surface area contributed by atoms with Gasteiger partial charge in [0.25, 0.3) is 5.56 Å². The molecule has 2 aromatic rings. The van der Waals surface area contributed by atoms with Crippen LogP contribution in [0, 0.1) is 0 Å². The molecule has 4 nitrogen and oxygen atoms in total. The minimum absolute atomic E-state index is 0.129. The maximum atomic E-state index is 11.8. The van der Waals surface area contributed by atoms with Gasteiger partial charge in [0.1, 0.15) is 16.6 Å². The Morgan fingerprint density at radius 3 is 2.39 bits per heavy atom. The number of imidazole rings is 1. The molecule has 2 N–H and O–H groups in total. The number of nitrogens with one attached hydrogen (secondary N) is 1. The second-order valence-electron chi connectivity index (χ2n) is 3.83. The molecule has 0 spiro atoms. The van der Waals surface area contributed by atoms with Crippen molar-refractivity contribution >= 4 is 44.5 Å². The molecule has 6 heteroatoms. The summed E-state index contributed by atoms with van der Waals surface area (Å²) in [4.78, 5) is 14.7. The first-order chi connectivity index (χ1) is 8.40. The number of halogens is 2. The van der Waals surface area contributed by atoms with E-state index in [1.165, 1.54) is 4.57 Å². The molecule has 0 atom stereocenters. The highest BCUT2D eigenvalue weighted by Crippen LogP contribution is 2.33. The van der Waals surface area contributed by atoms with Gasteiger partial charge in [0.05, 0.1) is 8.95 Å². The topological polar surface area (TPSA) is 58.0 Å². The Hall–Kier alpha value is -1.27. The summed E-state index contributed by atoms with van der Waals surface area (Å²) < 4.78 is 2.55. The van der Waals surface area contributed by atoms with Gasteiger partial charge >= 0.3 is 0 Å². The normalized spacial score (nSPS) is 12.1. The zero-order valence-corrected chi connectivity index (χ0v) is 12.7. The Morgan fingerprint density at radius 2 is 1.94 bits per heavy atom. The van der Waals surface area contributed by atoms with E-state index in [0.717, 1.165) is 5.56 Å². The van der Waals surface area contributed by atoms with Crippen LogP contribution in [-0.2, 0) is 7.05 Å². The van der Waals surface area contributed by atoms with E-state index >= 15 is 0 Å². The minimum atomic E-state index is -0.139. The third-order valence-electron chi connectivity index (χ3n) is 2.57. The average Bonchev–Trinajstić information content (AvgIpc) is 2.54. The molecule has 0 aliphatic rings. The van der Waals surface area contributed by atoms with Gasteiger partial charge in [-0.15, -0.1) is 0 Å². The lowest BCUT2D eigenvalue weighted by Gasteiger charge is -2.01. The number of aromatic hydroxyl groups is 1. The molecule has 1 aromatic heterocycles. The molecule has 1 heterocycles. The van der Waals surface area contributed by atoms with Crippen molar-refractivity contribution in [2.24, 2.45) is 7.05 Å². The molecule has 0 aliphatic heterocycles. The molecule has 0 saturated carbocycles. The van der Waals surface area contributed by atoms with E-state index in [4.69, 9.17) is 0 Å². The standard InChI is InChI=1S/C12H10Br2N2O2/c1-6-15-10(12(18)16(6)2)5-7-3-8(13)11(17)9(14)4-7/h3-5,15,17H,1H2,2H3/b10-5-. The second kappa shape index (κ2) is 4.78. The predicted octanol–water partition coefficient (Wildman–Crippen LogP) is 1.18. The molecule has 0 aliphatic carbocycles. The molecule has 18 heavy (non-hydrogen) atoms. The molecule has 0 fully saturated rings. The molecule has 0 amide bonds. The number of aromatic amines is 1. The van der Waals surface area contributed by atoms with Crippen LogP contribution in [0.5, 0.6) is 5.75 Å². The van der Waals surface area contributed by atoms with Gasteiger partial charge in [0.2, 0.25) is 0 Å². The molecule has 0 bridgehead atoms. The van der Waals surface area contributed by atoms with Crippen molar-refractivity contribution < 1.29 is 5.11 Å². The summed E-state index contributed by atoms with van der Waals surface area (Å²) in [5, 5.41) is 10.1. The number of nitrogens with zero attached hydrogens (tertiary/aromatic N) is 1. The summed E-state index contributed by atoms with van der Waals surface area (Å²) >= 11 is 6.49. The van der Waals surface area contributed by atoms with E-state index in [9.17, 15) is 9.90 Å². The minimum Gasteiger partial charge on any atom is -0.506 e. The first kappa shape index (κ1) is 13.2. The Balaban J connectivity index is 2.68. The van der Waals surface area contributed by atoms with Crippen LogP contribution in [0.4, 0.5) is 0 Å². The van der Waals surface area contributed by atoms with Gasteiger partial charge in [-0.05, 0) is 55.6 Å². The lowest BCUT2D eigenvalue weighted by Crippen LogP contribution is -2.28. The summed E-state index contributed by atoms with van der Waals surface area (Å²) in [5.74, 6) is 0.129. The van der Waals surface area contributed by atoms with Gasteiger partial charge < -0.3 is 10.1 Å². The first-order valence-electron chi connectivity index (χ1n) is 5.04. The average molecular weight is 374 g/mol. The van der Waals surface area contributed by atoms with Crippen molar-refractivity contribution in [3.8, 4) is 5.75 Å². The van der Waals surface area contributed by atoms with Crippen LogP contribution in [0.1, 0.15) is 5.56 Å². The molecule has 2 rings (SSSR count). The van der Waals surface area contributed by atoms with E-state index in [1.807, 2.05) is 0 Å². The molecular formula is C12H10Br2N2O2. The largest absolute Gasteiger partial charge is 0.506 e. The Labute approximate surface area is 120 Å². The maximum Gasteiger partial charge on any atom is 0.275 e. The maximum absolute atomic E-state index is 11.8. The van der Waals surface area contributed by atoms with Crippen LogP contribution < -0.4 is 16.4 Å². The van der Waals surface area contributed by atoms with Crippen LogP contribution in [-0.4, -0.2) is 14.7 Å². The fraction of sp³-hybridized carbons (Fsp3) is 0.0833. The molecule has 0 unspecified atom stereocenters. The molecule has 0 saturated heterocycles. The highest BCUT2D eigenvalue weighted by atomic mass is 79.9. The van der Waals surface area contributed by atoms with Crippen molar-refractivity contribution in [2.45, 2.75) is 0 Å². The van der Waals surface area contributed by atoms with Gasteiger partial charge in [-0.2, -0.15) is 0 Å². The molecular weight excluding hydrogens is 364 g/mol. The van der Waals surface area contributed by atoms with E-state index in [-0.39, 0.29) is 11.3 Å².